The molecule has 0 saturated carbocycles. The average molecular weight is 285 g/mol. The van der Waals surface area contributed by atoms with E-state index in [-0.39, 0.29) is 0 Å². The maximum Gasteiger partial charge on any atom is 0.165 e. The molecule has 0 N–H and O–H groups in total. The van der Waals surface area contributed by atoms with E-state index in [1.54, 1.807) is 12.3 Å². The smallest absolute Gasteiger partial charge is 0.165 e. The van der Waals surface area contributed by atoms with Gasteiger partial charge in [0.1, 0.15) is 0 Å². The van der Waals surface area contributed by atoms with E-state index in [2.05, 4.69) is 18.9 Å². The largest absolute Gasteiger partial charge is 0.452 e. The molecular weight excluding hydrogens is 271 g/mol. The Morgan fingerprint density at radius 1 is 1.39 bits per heavy atom. The Hall–Kier alpha value is -1.19. The van der Waals surface area contributed by atoms with Crippen molar-refractivity contribution in [3.8, 4) is 11.5 Å². The Balaban J connectivity index is 2.27. The number of ether oxygens (including phenoxy) is 1. The summed E-state index contributed by atoms with van der Waals surface area (Å²) in [4.78, 5) is 0. The molecule has 0 amide bonds. The number of benzene rings is 1. The van der Waals surface area contributed by atoms with Gasteiger partial charge >= 0.3 is 0 Å². The zero-order valence-corrected chi connectivity index (χ0v) is 11.7. The van der Waals surface area contributed by atoms with Gasteiger partial charge in [-0.05, 0) is 19.9 Å². The summed E-state index contributed by atoms with van der Waals surface area (Å²) >= 11 is 12.0. The van der Waals surface area contributed by atoms with Crippen LogP contribution in [0.3, 0.4) is 0 Å². The molecule has 1 heterocycles. The van der Waals surface area contributed by atoms with Crippen molar-refractivity contribution < 1.29 is 4.74 Å². The number of aromatic nitrogens is 2. The predicted octanol–water partition coefficient (Wildman–Crippen LogP) is 4.65. The highest BCUT2D eigenvalue weighted by Crippen LogP contribution is 2.33. The van der Waals surface area contributed by atoms with Gasteiger partial charge < -0.3 is 4.74 Å². The highest BCUT2D eigenvalue weighted by Gasteiger charge is 2.10. The lowest BCUT2D eigenvalue weighted by Crippen LogP contribution is -1.99. The fourth-order valence-electron chi connectivity index (χ4n) is 1.55. The highest BCUT2D eigenvalue weighted by atomic mass is 35.5. The topological polar surface area (TPSA) is 27.1 Å². The Kier molecular flexibility index (Phi) is 4.15. The van der Waals surface area contributed by atoms with Gasteiger partial charge in [0.05, 0.1) is 23.3 Å². The van der Waals surface area contributed by atoms with Crippen LogP contribution in [0.15, 0.2) is 30.6 Å². The number of para-hydroxylation sites is 1. The van der Waals surface area contributed by atoms with E-state index in [0.717, 1.165) is 5.56 Å². The van der Waals surface area contributed by atoms with Gasteiger partial charge in [-0.3, -0.25) is 4.68 Å². The van der Waals surface area contributed by atoms with E-state index in [1.807, 2.05) is 23.0 Å². The molecule has 0 aliphatic heterocycles. The summed E-state index contributed by atoms with van der Waals surface area (Å²) < 4.78 is 7.59. The van der Waals surface area contributed by atoms with E-state index in [1.165, 1.54) is 0 Å². The number of rotatable bonds is 4. The van der Waals surface area contributed by atoms with Crippen molar-refractivity contribution in [1.29, 1.82) is 0 Å². The van der Waals surface area contributed by atoms with Crippen molar-refractivity contribution >= 4 is 23.2 Å². The maximum atomic E-state index is 6.12. The summed E-state index contributed by atoms with van der Waals surface area (Å²) in [6, 6.07) is 5.81. The second kappa shape index (κ2) is 5.63. The summed E-state index contributed by atoms with van der Waals surface area (Å²) in [7, 11) is 0. The van der Waals surface area contributed by atoms with Crippen molar-refractivity contribution in [2.45, 2.75) is 25.8 Å². The van der Waals surface area contributed by atoms with Crippen molar-refractivity contribution in [3.05, 3.63) is 41.2 Å². The van der Waals surface area contributed by atoms with Crippen LogP contribution in [0.1, 0.15) is 25.5 Å². The summed E-state index contributed by atoms with van der Waals surface area (Å²) in [6.45, 7) is 4.10. The van der Waals surface area contributed by atoms with E-state index in [4.69, 9.17) is 27.9 Å². The fourth-order valence-corrected chi connectivity index (χ4v) is 1.99. The van der Waals surface area contributed by atoms with Gasteiger partial charge in [0.2, 0.25) is 0 Å². The minimum Gasteiger partial charge on any atom is -0.452 e. The SMILES string of the molecule is CC(C)n1cc(Oc2c(Cl)cccc2CCl)cn1. The standard InChI is InChI=1S/C13H14Cl2N2O/c1-9(2)17-8-11(7-16-17)18-13-10(6-14)4-3-5-12(13)15/h3-5,7-9H,6H2,1-2H3. The van der Waals surface area contributed by atoms with Gasteiger partial charge in [0.25, 0.3) is 0 Å². The molecule has 0 aliphatic rings. The number of alkyl halides is 1. The maximum absolute atomic E-state index is 6.12. The van der Waals surface area contributed by atoms with Crippen LogP contribution in [0.4, 0.5) is 0 Å². The molecule has 0 aliphatic carbocycles. The first-order valence-electron chi connectivity index (χ1n) is 5.67. The zero-order valence-electron chi connectivity index (χ0n) is 10.2. The van der Waals surface area contributed by atoms with Gasteiger partial charge in [-0.15, -0.1) is 11.6 Å². The zero-order chi connectivity index (χ0) is 13.1. The monoisotopic (exact) mass is 284 g/mol. The molecule has 1 aromatic heterocycles. The van der Waals surface area contributed by atoms with Crippen LogP contribution in [-0.4, -0.2) is 9.78 Å². The number of halogens is 2. The van der Waals surface area contributed by atoms with Crippen LogP contribution in [-0.2, 0) is 5.88 Å². The molecule has 0 unspecified atom stereocenters. The summed E-state index contributed by atoms with van der Waals surface area (Å²) in [6.07, 6.45) is 3.51. The second-order valence-electron chi connectivity index (χ2n) is 4.21. The summed E-state index contributed by atoms with van der Waals surface area (Å²) in [5.41, 5.74) is 0.862. The first-order valence-corrected chi connectivity index (χ1v) is 6.58. The Morgan fingerprint density at radius 2 is 2.17 bits per heavy atom. The average Bonchev–Trinajstić information content (AvgIpc) is 2.80. The van der Waals surface area contributed by atoms with Gasteiger partial charge in [-0.1, -0.05) is 23.7 Å². The quantitative estimate of drug-likeness (QED) is 0.765. The van der Waals surface area contributed by atoms with Gasteiger partial charge in [0.15, 0.2) is 11.5 Å². The van der Waals surface area contributed by atoms with Crippen molar-refractivity contribution in [3.63, 3.8) is 0 Å². The lowest BCUT2D eigenvalue weighted by atomic mass is 10.2. The van der Waals surface area contributed by atoms with Crippen molar-refractivity contribution in [1.82, 2.24) is 9.78 Å². The fraction of sp³-hybridized carbons (Fsp3) is 0.308. The molecule has 18 heavy (non-hydrogen) atoms. The molecule has 0 saturated heterocycles. The van der Waals surface area contributed by atoms with Crippen LogP contribution in [0.25, 0.3) is 0 Å². The molecular formula is C13H14Cl2N2O. The molecule has 5 heteroatoms. The molecule has 0 atom stereocenters. The molecule has 3 nitrogen and oxygen atoms in total. The Bertz CT molecular complexity index is 538. The molecule has 1 aromatic carbocycles. The van der Waals surface area contributed by atoms with Gasteiger partial charge in [-0.2, -0.15) is 5.10 Å². The first-order chi connectivity index (χ1) is 8.61. The van der Waals surface area contributed by atoms with E-state index in [0.29, 0.717) is 28.4 Å². The minimum absolute atomic E-state index is 0.293. The van der Waals surface area contributed by atoms with Crippen LogP contribution in [0, 0.1) is 0 Å². The first kappa shape index (κ1) is 13.2. The lowest BCUT2D eigenvalue weighted by molar-refractivity contribution is 0.473. The number of nitrogens with zero attached hydrogens (tertiary/aromatic N) is 2. The third kappa shape index (κ3) is 2.79. The van der Waals surface area contributed by atoms with E-state index < -0.39 is 0 Å². The second-order valence-corrected chi connectivity index (χ2v) is 4.89. The van der Waals surface area contributed by atoms with Gasteiger partial charge in [-0.25, -0.2) is 0 Å². The molecule has 2 aromatic rings. The minimum atomic E-state index is 0.293. The van der Waals surface area contributed by atoms with E-state index >= 15 is 0 Å². The van der Waals surface area contributed by atoms with E-state index in [9.17, 15) is 0 Å². The molecule has 96 valence electrons. The number of hydrogen-bond acceptors (Lipinski definition) is 2. The third-order valence-corrected chi connectivity index (χ3v) is 3.10. The molecule has 0 fully saturated rings. The number of hydrogen-bond donors (Lipinski definition) is 0. The Labute approximate surface area is 116 Å². The molecule has 0 bridgehead atoms. The van der Waals surface area contributed by atoms with Crippen LogP contribution in [0.2, 0.25) is 5.02 Å². The lowest BCUT2D eigenvalue weighted by Gasteiger charge is -2.09. The summed E-state index contributed by atoms with van der Waals surface area (Å²) in [5, 5.41) is 4.76. The Morgan fingerprint density at radius 3 is 2.78 bits per heavy atom. The van der Waals surface area contributed by atoms with Crippen LogP contribution in [0.5, 0.6) is 11.5 Å². The van der Waals surface area contributed by atoms with Crippen molar-refractivity contribution in [2.24, 2.45) is 0 Å². The van der Waals surface area contributed by atoms with Crippen molar-refractivity contribution in [2.75, 3.05) is 0 Å². The molecule has 2 rings (SSSR count). The molecule has 0 spiro atoms. The van der Waals surface area contributed by atoms with Gasteiger partial charge in [0, 0.05) is 11.6 Å². The molecule has 0 radical (unpaired) electrons. The highest BCUT2D eigenvalue weighted by molar-refractivity contribution is 6.32. The predicted molar refractivity (Wildman–Crippen MR) is 73.7 cm³/mol. The normalized spacial score (nSPS) is 10.9. The summed E-state index contributed by atoms with van der Waals surface area (Å²) in [5.74, 6) is 1.61. The van der Waals surface area contributed by atoms with Crippen LogP contribution < -0.4 is 4.74 Å². The third-order valence-electron chi connectivity index (χ3n) is 2.52. The van der Waals surface area contributed by atoms with Crippen LogP contribution >= 0.6 is 23.2 Å².